The van der Waals surface area contributed by atoms with Gasteiger partial charge in [0, 0.05) is 17.7 Å². The predicted octanol–water partition coefficient (Wildman–Crippen LogP) is 1.97. The minimum atomic E-state index is -0.331. The van der Waals surface area contributed by atoms with Crippen LogP contribution in [0.1, 0.15) is 35.0 Å². The smallest absolute Gasteiger partial charge is 0.323 e. The summed E-state index contributed by atoms with van der Waals surface area (Å²) in [6.45, 7) is 0. The molecule has 0 radical (unpaired) electrons. The fraction of sp³-hybridized carbons (Fsp3) is 0.214. The Bertz CT molecular complexity index is 885. The lowest BCUT2D eigenvalue weighted by atomic mass is 10.2. The van der Waals surface area contributed by atoms with E-state index in [9.17, 15) is 9.59 Å². The number of anilines is 1. The molecule has 4 rings (SSSR count). The SMILES string of the molecule is O=C(Nc1ccc2[nH]c(=O)[nH]c2c1)c1cc(C2CC2)on1. The summed E-state index contributed by atoms with van der Waals surface area (Å²) in [7, 11) is 0. The number of hydrogen-bond donors (Lipinski definition) is 3. The fourth-order valence-electron chi connectivity index (χ4n) is 2.26. The van der Waals surface area contributed by atoms with Gasteiger partial charge in [-0.2, -0.15) is 0 Å². The van der Waals surface area contributed by atoms with Gasteiger partial charge in [-0.3, -0.25) is 4.79 Å². The van der Waals surface area contributed by atoms with Crippen LogP contribution in [0.2, 0.25) is 0 Å². The first kappa shape index (κ1) is 12.0. The predicted molar refractivity (Wildman–Crippen MR) is 75.4 cm³/mol. The summed E-state index contributed by atoms with van der Waals surface area (Å²) >= 11 is 0. The van der Waals surface area contributed by atoms with Crippen LogP contribution in [0.3, 0.4) is 0 Å². The molecule has 3 N–H and O–H groups in total. The molecule has 1 fully saturated rings. The number of amides is 1. The summed E-state index contributed by atoms with van der Waals surface area (Å²) in [4.78, 5) is 28.6. The van der Waals surface area contributed by atoms with E-state index < -0.39 is 0 Å². The summed E-state index contributed by atoms with van der Waals surface area (Å²) in [5, 5.41) is 6.52. The third kappa shape index (κ3) is 2.22. The summed E-state index contributed by atoms with van der Waals surface area (Å²) in [6.07, 6.45) is 2.18. The number of hydrogen-bond acceptors (Lipinski definition) is 4. The number of imidazole rings is 1. The van der Waals surface area contributed by atoms with E-state index in [0.717, 1.165) is 18.6 Å². The molecule has 21 heavy (non-hydrogen) atoms. The van der Waals surface area contributed by atoms with Crippen molar-refractivity contribution in [3.8, 4) is 0 Å². The molecule has 0 aliphatic heterocycles. The highest BCUT2D eigenvalue weighted by atomic mass is 16.5. The van der Waals surface area contributed by atoms with Crippen molar-refractivity contribution in [1.29, 1.82) is 0 Å². The fourth-order valence-corrected chi connectivity index (χ4v) is 2.26. The van der Waals surface area contributed by atoms with Crippen LogP contribution in [0.15, 0.2) is 33.6 Å². The molecule has 0 bridgehead atoms. The van der Waals surface area contributed by atoms with Gasteiger partial charge in [0.2, 0.25) is 0 Å². The zero-order valence-corrected chi connectivity index (χ0v) is 11.0. The quantitative estimate of drug-likeness (QED) is 0.684. The van der Waals surface area contributed by atoms with Crippen molar-refractivity contribution in [3.05, 3.63) is 46.2 Å². The molecule has 106 valence electrons. The Labute approximate surface area is 118 Å². The van der Waals surface area contributed by atoms with Crippen LogP contribution in [-0.4, -0.2) is 21.0 Å². The highest BCUT2D eigenvalue weighted by Gasteiger charge is 2.28. The van der Waals surface area contributed by atoms with Gasteiger partial charge in [-0.05, 0) is 31.0 Å². The molecule has 0 atom stereocenters. The van der Waals surface area contributed by atoms with Gasteiger partial charge in [-0.25, -0.2) is 4.79 Å². The number of fused-ring (bicyclic) bond motifs is 1. The second-order valence-corrected chi connectivity index (χ2v) is 5.18. The molecule has 1 aliphatic carbocycles. The van der Waals surface area contributed by atoms with E-state index in [-0.39, 0.29) is 17.3 Å². The molecule has 0 saturated heterocycles. The molecule has 1 aromatic carbocycles. The van der Waals surface area contributed by atoms with Gasteiger partial charge in [0.25, 0.3) is 5.91 Å². The van der Waals surface area contributed by atoms with E-state index in [1.165, 1.54) is 0 Å². The van der Waals surface area contributed by atoms with Crippen LogP contribution in [0.5, 0.6) is 0 Å². The van der Waals surface area contributed by atoms with Crippen LogP contribution in [0.4, 0.5) is 5.69 Å². The molecule has 7 nitrogen and oxygen atoms in total. The molecule has 1 saturated carbocycles. The maximum absolute atomic E-state index is 12.1. The van der Waals surface area contributed by atoms with E-state index in [1.54, 1.807) is 24.3 Å². The first-order valence-electron chi connectivity index (χ1n) is 6.69. The van der Waals surface area contributed by atoms with E-state index >= 15 is 0 Å². The largest absolute Gasteiger partial charge is 0.360 e. The van der Waals surface area contributed by atoms with Gasteiger partial charge >= 0.3 is 5.69 Å². The number of nitrogens with one attached hydrogen (secondary N) is 3. The normalized spacial score (nSPS) is 14.5. The van der Waals surface area contributed by atoms with Crippen molar-refractivity contribution >= 4 is 22.6 Å². The molecular weight excluding hydrogens is 272 g/mol. The standard InChI is InChI=1S/C14H12N4O3/c19-13(11-6-12(21-18-11)7-1-2-7)15-8-3-4-9-10(5-8)17-14(20)16-9/h3-7H,1-2H2,(H,15,19)(H2,16,17,20). The zero-order chi connectivity index (χ0) is 14.4. The van der Waals surface area contributed by atoms with E-state index in [4.69, 9.17) is 4.52 Å². The van der Waals surface area contributed by atoms with Crippen LogP contribution in [0, 0.1) is 0 Å². The summed E-state index contributed by atoms with van der Waals surface area (Å²) in [5.74, 6) is 0.855. The molecule has 0 spiro atoms. The Morgan fingerprint density at radius 1 is 1.24 bits per heavy atom. The number of rotatable bonds is 3. The number of aromatic nitrogens is 3. The van der Waals surface area contributed by atoms with Crippen molar-refractivity contribution in [3.63, 3.8) is 0 Å². The molecule has 3 aromatic rings. The monoisotopic (exact) mass is 284 g/mol. The Morgan fingerprint density at radius 2 is 2.05 bits per heavy atom. The van der Waals surface area contributed by atoms with E-state index in [1.807, 2.05) is 0 Å². The minimum absolute atomic E-state index is 0.263. The third-order valence-electron chi connectivity index (χ3n) is 3.51. The molecule has 1 amide bonds. The second-order valence-electron chi connectivity index (χ2n) is 5.18. The molecule has 2 heterocycles. The first-order chi connectivity index (χ1) is 10.2. The number of nitrogens with zero attached hydrogens (tertiary/aromatic N) is 1. The Morgan fingerprint density at radius 3 is 2.86 bits per heavy atom. The Kier molecular flexibility index (Phi) is 2.47. The Hall–Kier alpha value is -2.83. The van der Waals surface area contributed by atoms with Gasteiger partial charge in [-0.15, -0.1) is 0 Å². The molecule has 2 aromatic heterocycles. The van der Waals surface area contributed by atoms with E-state index in [2.05, 4.69) is 20.4 Å². The molecular formula is C14H12N4O3. The topological polar surface area (TPSA) is 104 Å². The van der Waals surface area contributed by atoms with Gasteiger partial charge in [0.1, 0.15) is 5.76 Å². The first-order valence-corrected chi connectivity index (χ1v) is 6.69. The lowest BCUT2D eigenvalue weighted by Gasteiger charge is -2.02. The minimum Gasteiger partial charge on any atom is -0.360 e. The number of carbonyl (C=O) groups is 1. The number of H-pyrrole nitrogens is 2. The molecule has 0 unspecified atom stereocenters. The highest BCUT2D eigenvalue weighted by molar-refractivity contribution is 6.03. The van der Waals surface area contributed by atoms with Crippen LogP contribution >= 0.6 is 0 Å². The van der Waals surface area contributed by atoms with Gasteiger partial charge in [0.05, 0.1) is 11.0 Å². The highest BCUT2D eigenvalue weighted by Crippen LogP contribution is 2.40. The van der Waals surface area contributed by atoms with Crippen molar-refractivity contribution in [2.45, 2.75) is 18.8 Å². The summed E-state index contributed by atoms with van der Waals surface area (Å²) < 4.78 is 5.16. The van der Waals surface area contributed by atoms with Crippen molar-refractivity contribution in [2.24, 2.45) is 0 Å². The van der Waals surface area contributed by atoms with Gasteiger partial charge in [-0.1, -0.05) is 5.16 Å². The lowest BCUT2D eigenvalue weighted by molar-refractivity contribution is 0.101. The lowest BCUT2D eigenvalue weighted by Crippen LogP contribution is -2.12. The van der Waals surface area contributed by atoms with Gasteiger partial charge < -0.3 is 19.8 Å². The van der Waals surface area contributed by atoms with Crippen molar-refractivity contribution in [1.82, 2.24) is 15.1 Å². The van der Waals surface area contributed by atoms with E-state index in [0.29, 0.717) is 22.6 Å². The average Bonchev–Trinajstić information content (AvgIpc) is 3.06. The van der Waals surface area contributed by atoms with Crippen molar-refractivity contribution in [2.75, 3.05) is 5.32 Å². The maximum atomic E-state index is 12.1. The molecule has 7 heteroatoms. The molecule has 1 aliphatic rings. The van der Waals surface area contributed by atoms with Crippen LogP contribution in [0.25, 0.3) is 11.0 Å². The second kappa shape index (κ2) is 4.34. The maximum Gasteiger partial charge on any atom is 0.323 e. The number of aromatic amines is 2. The van der Waals surface area contributed by atoms with Gasteiger partial charge in [0.15, 0.2) is 5.69 Å². The Balaban J connectivity index is 1.57. The van der Waals surface area contributed by atoms with Crippen LogP contribution in [-0.2, 0) is 0 Å². The zero-order valence-electron chi connectivity index (χ0n) is 11.0. The third-order valence-corrected chi connectivity index (χ3v) is 3.51. The van der Waals surface area contributed by atoms with Crippen molar-refractivity contribution < 1.29 is 9.32 Å². The van der Waals surface area contributed by atoms with Crippen LogP contribution < -0.4 is 11.0 Å². The number of benzene rings is 1. The number of carbonyl (C=O) groups excluding carboxylic acids is 1. The average molecular weight is 284 g/mol. The summed E-state index contributed by atoms with van der Waals surface area (Å²) in [5.41, 5.74) is 1.89. The summed E-state index contributed by atoms with van der Waals surface area (Å²) in [6, 6.07) is 6.81.